The van der Waals surface area contributed by atoms with Crippen molar-refractivity contribution in [2.45, 2.75) is 24.3 Å². The molecule has 4 aromatic rings. The van der Waals surface area contributed by atoms with Crippen LogP contribution in [0, 0.1) is 10.1 Å². The first-order chi connectivity index (χ1) is 18.3. The van der Waals surface area contributed by atoms with Crippen LogP contribution in [0.5, 0.6) is 0 Å². The largest absolute Gasteiger partial charge is 0.481 e. The van der Waals surface area contributed by atoms with Gasteiger partial charge in [-0.25, -0.2) is 0 Å². The Hall–Kier alpha value is -4.43. The van der Waals surface area contributed by atoms with Gasteiger partial charge in [-0.05, 0) is 36.8 Å². The van der Waals surface area contributed by atoms with Crippen molar-refractivity contribution in [2.75, 3.05) is 11.9 Å². The van der Waals surface area contributed by atoms with Crippen LogP contribution in [-0.2, 0) is 11.3 Å². The molecule has 1 N–H and O–H groups in total. The Balaban J connectivity index is 1.43. The number of carboxylic acids is 1. The highest BCUT2D eigenvalue weighted by molar-refractivity contribution is 8.03. The zero-order chi connectivity index (χ0) is 26.8. The molecule has 7 nitrogen and oxygen atoms in total. The molecule has 1 aliphatic rings. The molecule has 190 valence electrons. The Morgan fingerprint density at radius 2 is 1.89 bits per heavy atom. The van der Waals surface area contributed by atoms with Crippen molar-refractivity contribution < 1.29 is 19.4 Å². The van der Waals surface area contributed by atoms with E-state index in [0.29, 0.717) is 6.54 Å². The number of aliphatic carboxylic acids is 1. The van der Waals surface area contributed by atoms with Gasteiger partial charge in [0.25, 0.3) is 5.69 Å². The van der Waals surface area contributed by atoms with Gasteiger partial charge in [-0.15, -0.1) is 0 Å². The molecule has 1 unspecified atom stereocenters. The number of nitro benzene ring substituents is 1. The summed E-state index contributed by atoms with van der Waals surface area (Å²) >= 11 is 1.75. The van der Waals surface area contributed by atoms with Gasteiger partial charge in [0, 0.05) is 41.3 Å². The van der Waals surface area contributed by atoms with Gasteiger partial charge >= 0.3 is 5.97 Å². The van der Waals surface area contributed by atoms with Crippen LogP contribution in [-0.4, -0.2) is 23.0 Å². The maximum absolute atomic E-state index is 11.7. The number of hydrogen-bond donors (Lipinski definition) is 1. The SMILES string of the molecule is CC(C(=O)O)c1ccc(C[n+]2ccc(/C=C/C=C3\Sc4ccccc4N3C)c3ccccc32)cc1[N+](=O)[O-]. The molecule has 1 aromatic heterocycles. The molecule has 0 fully saturated rings. The number of nitrogens with zero attached hydrogens (tertiary/aromatic N) is 3. The third kappa shape index (κ3) is 4.90. The van der Waals surface area contributed by atoms with Gasteiger partial charge < -0.3 is 10.0 Å². The first kappa shape index (κ1) is 25.2. The number of rotatable bonds is 7. The van der Waals surface area contributed by atoms with Crippen LogP contribution >= 0.6 is 11.8 Å². The molecular formula is C30H26N3O4S+. The molecule has 8 heteroatoms. The Labute approximate surface area is 224 Å². The molecular weight excluding hydrogens is 498 g/mol. The normalized spacial score (nSPS) is 14.8. The summed E-state index contributed by atoms with van der Waals surface area (Å²) < 4.78 is 2.04. The van der Waals surface area contributed by atoms with E-state index in [2.05, 4.69) is 48.4 Å². The van der Waals surface area contributed by atoms with E-state index in [4.69, 9.17) is 0 Å². The number of benzene rings is 3. The third-order valence-electron chi connectivity index (χ3n) is 6.73. The lowest BCUT2D eigenvalue weighted by atomic mass is 9.97. The highest BCUT2D eigenvalue weighted by atomic mass is 32.2. The van der Waals surface area contributed by atoms with E-state index < -0.39 is 16.8 Å². The van der Waals surface area contributed by atoms with Crippen LogP contribution in [0.25, 0.3) is 17.0 Å². The summed E-state index contributed by atoms with van der Waals surface area (Å²) in [6, 6.07) is 23.2. The monoisotopic (exact) mass is 524 g/mol. The minimum atomic E-state index is -1.09. The lowest BCUT2D eigenvalue weighted by Gasteiger charge is -2.12. The Morgan fingerprint density at radius 3 is 2.66 bits per heavy atom. The molecule has 0 saturated heterocycles. The summed E-state index contributed by atoms with van der Waals surface area (Å²) in [5.41, 5.74) is 4.01. The number of fused-ring (bicyclic) bond motifs is 2. The smallest absolute Gasteiger partial charge is 0.310 e. The zero-order valence-corrected chi connectivity index (χ0v) is 21.8. The van der Waals surface area contributed by atoms with Crippen molar-refractivity contribution in [1.82, 2.24) is 0 Å². The topological polar surface area (TPSA) is 87.6 Å². The van der Waals surface area contributed by atoms with Gasteiger partial charge in [0.15, 0.2) is 12.7 Å². The molecule has 0 radical (unpaired) electrons. The summed E-state index contributed by atoms with van der Waals surface area (Å²) in [7, 11) is 2.07. The van der Waals surface area contributed by atoms with Crippen molar-refractivity contribution >= 4 is 46.1 Å². The highest BCUT2D eigenvalue weighted by Crippen LogP contribution is 2.44. The standard InChI is InChI=1S/C30H25N3O4S/c1-20(30(34)35)23-15-14-21(18-27(23)33(36)37)19-32-17-16-22(24-9-3-4-10-25(24)32)8-7-13-29-31(2)26-11-5-6-12-28(26)38-29/h3-18,20H,19H2,1-2H3/p+1. The average molecular weight is 525 g/mol. The van der Waals surface area contributed by atoms with E-state index in [9.17, 15) is 20.0 Å². The summed E-state index contributed by atoms with van der Waals surface area (Å²) in [5, 5.41) is 23.2. The van der Waals surface area contributed by atoms with E-state index in [1.807, 2.05) is 47.2 Å². The van der Waals surface area contributed by atoms with Crippen LogP contribution in [0.1, 0.15) is 29.5 Å². The summed E-state index contributed by atoms with van der Waals surface area (Å²) in [6.07, 6.45) is 8.23. The Kier molecular flexibility index (Phi) is 6.98. The van der Waals surface area contributed by atoms with Crippen molar-refractivity contribution in [3.8, 4) is 0 Å². The first-order valence-corrected chi connectivity index (χ1v) is 13.0. The van der Waals surface area contributed by atoms with Crippen LogP contribution in [0.15, 0.2) is 101 Å². The van der Waals surface area contributed by atoms with Gasteiger partial charge in [0.05, 0.1) is 26.9 Å². The molecule has 3 aromatic carbocycles. The number of anilines is 1. The maximum atomic E-state index is 11.7. The maximum Gasteiger partial charge on any atom is 0.310 e. The fourth-order valence-corrected chi connectivity index (χ4v) is 5.70. The molecule has 5 rings (SSSR count). The van der Waals surface area contributed by atoms with Gasteiger partial charge in [-0.3, -0.25) is 14.9 Å². The van der Waals surface area contributed by atoms with Crippen LogP contribution in [0.3, 0.4) is 0 Å². The minimum absolute atomic E-state index is 0.174. The van der Waals surface area contributed by atoms with E-state index in [-0.39, 0.29) is 11.3 Å². The number of hydrogen-bond acceptors (Lipinski definition) is 5. The van der Waals surface area contributed by atoms with Crippen molar-refractivity contribution in [3.63, 3.8) is 0 Å². The van der Waals surface area contributed by atoms with Crippen molar-refractivity contribution in [3.05, 3.63) is 123 Å². The van der Waals surface area contributed by atoms with Crippen molar-refractivity contribution in [2.24, 2.45) is 0 Å². The molecule has 2 heterocycles. The Bertz CT molecular complexity index is 1630. The lowest BCUT2D eigenvalue weighted by Crippen LogP contribution is -2.35. The van der Waals surface area contributed by atoms with E-state index in [1.54, 1.807) is 23.9 Å². The van der Waals surface area contributed by atoms with Crippen molar-refractivity contribution in [1.29, 1.82) is 0 Å². The molecule has 0 bridgehead atoms. The summed E-state index contributed by atoms with van der Waals surface area (Å²) in [4.78, 5) is 26.0. The number of nitro groups is 1. The molecule has 38 heavy (non-hydrogen) atoms. The zero-order valence-electron chi connectivity index (χ0n) is 20.9. The molecule has 1 aliphatic heterocycles. The minimum Gasteiger partial charge on any atom is -0.481 e. The second-order valence-electron chi connectivity index (χ2n) is 9.12. The second kappa shape index (κ2) is 10.5. The van der Waals surface area contributed by atoms with Crippen LogP contribution in [0.2, 0.25) is 0 Å². The van der Waals surface area contributed by atoms with Crippen LogP contribution in [0.4, 0.5) is 11.4 Å². The Morgan fingerprint density at radius 1 is 1.13 bits per heavy atom. The van der Waals surface area contributed by atoms with Gasteiger partial charge in [0.1, 0.15) is 0 Å². The number of thioether (sulfide) groups is 1. The first-order valence-electron chi connectivity index (χ1n) is 12.1. The number of carboxylic acid groups (broad SMARTS) is 1. The third-order valence-corrected chi connectivity index (χ3v) is 7.91. The molecule has 0 aliphatic carbocycles. The quantitative estimate of drug-likeness (QED) is 0.172. The fourth-order valence-electron chi connectivity index (χ4n) is 4.63. The number of para-hydroxylation sites is 2. The highest BCUT2D eigenvalue weighted by Gasteiger charge is 2.25. The molecule has 0 spiro atoms. The molecule has 1 atom stereocenters. The van der Waals surface area contributed by atoms with Gasteiger partial charge in [-0.2, -0.15) is 4.57 Å². The lowest BCUT2D eigenvalue weighted by molar-refractivity contribution is -0.662. The average Bonchev–Trinajstić information content (AvgIpc) is 3.24. The van der Waals surface area contributed by atoms with E-state index in [0.717, 1.165) is 27.1 Å². The van der Waals surface area contributed by atoms with Gasteiger partial charge in [0.2, 0.25) is 5.52 Å². The predicted octanol–water partition coefficient (Wildman–Crippen LogP) is 6.37. The second-order valence-corrected chi connectivity index (χ2v) is 10.2. The van der Waals surface area contributed by atoms with Crippen LogP contribution < -0.4 is 9.47 Å². The summed E-state index contributed by atoms with van der Waals surface area (Å²) in [5.74, 6) is -2.06. The number of aromatic nitrogens is 1. The van der Waals surface area contributed by atoms with Gasteiger partial charge in [-0.1, -0.05) is 60.3 Å². The molecule has 0 saturated carbocycles. The van der Waals surface area contributed by atoms with E-state index >= 15 is 0 Å². The number of carbonyl (C=O) groups is 1. The fraction of sp³-hybridized carbons (Fsp3) is 0.133. The number of allylic oxidation sites excluding steroid dienone is 2. The number of pyridine rings is 1. The molecule has 0 amide bonds. The summed E-state index contributed by atoms with van der Waals surface area (Å²) in [6.45, 7) is 1.87. The van der Waals surface area contributed by atoms with E-state index in [1.165, 1.54) is 23.6 Å². The predicted molar refractivity (Wildman–Crippen MR) is 150 cm³/mol.